The monoisotopic (exact) mass is 672 g/mol. The number of fused-ring (bicyclic) bond motifs is 2. The maximum Gasteiger partial charge on any atom is 0.410 e. The molecule has 0 radical (unpaired) electrons. The minimum Gasteiger partial charge on any atom is -0.445 e. The number of likely N-dealkylation sites (tertiary alicyclic amines) is 2. The molecule has 2 aliphatic heterocycles. The van der Waals surface area contributed by atoms with E-state index in [1.165, 1.54) is 9.80 Å². The maximum absolute atomic E-state index is 13.1. The Morgan fingerprint density at radius 1 is 0.640 bits per heavy atom. The van der Waals surface area contributed by atoms with Crippen LogP contribution in [-0.4, -0.2) is 77.4 Å². The minimum absolute atomic E-state index is 0.146. The van der Waals surface area contributed by atoms with Gasteiger partial charge in [-0.15, -0.1) is 0 Å². The third-order valence-electron chi connectivity index (χ3n) is 9.40. The molecule has 4 heterocycles. The highest BCUT2D eigenvalue weighted by atomic mass is 16.6. The smallest absolute Gasteiger partial charge is 0.410 e. The highest BCUT2D eigenvalue weighted by Crippen LogP contribution is 2.35. The van der Waals surface area contributed by atoms with Crippen LogP contribution in [0.2, 0.25) is 0 Å². The van der Waals surface area contributed by atoms with Crippen LogP contribution in [-0.2, 0) is 22.7 Å². The molecule has 0 saturated carbocycles. The number of carbonyl (C=O) groups is 2. The fraction of sp³-hybridized carbons (Fsp3) is 0.263. The molecule has 12 nitrogen and oxygen atoms in total. The van der Waals surface area contributed by atoms with Crippen LogP contribution in [0, 0.1) is 0 Å². The Hall–Kier alpha value is -5.72. The summed E-state index contributed by atoms with van der Waals surface area (Å²) >= 11 is 0. The van der Waals surface area contributed by atoms with E-state index >= 15 is 0 Å². The summed E-state index contributed by atoms with van der Waals surface area (Å²) in [6.45, 7) is 0.623. The zero-order valence-corrected chi connectivity index (χ0v) is 27.1. The predicted molar refractivity (Wildman–Crippen MR) is 185 cm³/mol. The van der Waals surface area contributed by atoms with Crippen molar-refractivity contribution in [2.24, 2.45) is 0 Å². The number of nitrogens with one attached hydrogen (secondary N) is 2. The first-order valence-corrected chi connectivity index (χ1v) is 16.7. The van der Waals surface area contributed by atoms with Gasteiger partial charge in [-0.25, -0.2) is 19.6 Å². The van der Waals surface area contributed by atoms with E-state index in [1.54, 1.807) is 0 Å². The summed E-state index contributed by atoms with van der Waals surface area (Å²) in [5.41, 5.74) is 6.74. The highest BCUT2D eigenvalue weighted by Gasteiger charge is 2.39. The van der Waals surface area contributed by atoms with Crippen molar-refractivity contribution in [3.63, 3.8) is 0 Å². The van der Waals surface area contributed by atoms with Gasteiger partial charge in [0.25, 0.3) is 0 Å². The Morgan fingerprint density at radius 3 is 1.48 bits per heavy atom. The largest absolute Gasteiger partial charge is 0.445 e. The molecular formula is C38H36N6O6. The molecular weight excluding hydrogens is 636 g/mol. The third kappa shape index (κ3) is 6.38. The van der Waals surface area contributed by atoms with Gasteiger partial charge in [-0.05, 0) is 46.5 Å². The van der Waals surface area contributed by atoms with Crippen LogP contribution in [0.4, 0.5) is 9.59 Å². The lowest BCUT2D eigenvalue weighted by Crippen LogP contribution is -2.32. The van der Waals surface area contributed by atoms with Gasteiger partial charge in [0.05, 0.1) is 59.4 Å². The Kier molecular flexibility index (Phi) is 8.39. The number of hydrogen-bond donors (Lipinski definition) is 4. The minimum atomic E-state index is -0.682. The molecule has 4 N–H and O–H groups in total. The van der Waals surface area contributed by atoms with Crippen LogP contribution in [0.1, 0.15) is 47.7 Å². The molecule has 2 saturated heterocycles. The number of H-pyrrole nitrogens is 2. The predicted octanol–water partition coefficient (Wildman–Crippen LogP) is 6.00. The SMILES string of the molecule is O=C(OCc1ccccc1)N1C[C@H](O)C[C@H]1c1nc2ccc(-c3ccc4nc([C@@H]5C[C@@H](O)CN5C(=O)OCc5ccccc5)[nH]c4c3)cc2[nH]1. The number of hydrogen-bond acceptors (Lipinski definition) is 8. The summed E-state index contributed by atoms with van der Waals surface area (Å²) in [5.74, 6) is 1.18. The average Bonchev–Trinajstić information content (AvgIpc) is 3.94. The number of aromatic nitrogens is 4. The van der Waals surface area contributed by atoms with Crippen LogP contribution < -0.4 is 0 Å². The number of rotatable bonds is 7. The number of amides is 2. The van der Waals surface area contributed by atoms with E-state index in [4.69, 9.17) is 19.4 Å². The molecule has 8 rings (SSSR count). The van der Waals surface area contributed by atoms with Crippen molar-refractivity contribution >= 4 is 34.3 Å². The Bertz CT molecular complexity index is 2000. The quantitative estimate of drug-likeness (QED) is 0.161. The van der Waals surface area contributed by atoms with Crippen LogP contribution in [0.5, 0.6) is 0 Å². The van der Waals surface area contributed by atoms with E-state index in [0.29, 0.717) is 24.5 Å². The third-order valence-corrected chi connectivity index (χ3v) is 9.40. The van der Waals surface area contributed by atoms with E-state index in [-0.39, 0.29) is 26.3 Å². The first-order chi connectivity index (χ1) is 24.4. The lowest BCUT2D eigenvalue weighted by atomic mass is 10.0. The summed E-state index contributed by atoms with van der Waals surface area (Å²) in [4.78, 5) is 45.5. The molecule has 12 heteroatoms. The van der Waals surface area contributed by atoms with Gasteiger partial charge >= 0.3 is 12.2 Å². The van der Waals surface area contributed by atoms with Crippen LogP contribution in [0.25, 0.3) is 33.2 Å². The van der Waals surface area contributed by atoms with Crippen molar-refractivity contribution in [2.75, 3.05) is 13.1 Å². The zero-order chi connectivity index (χ0) is 34.2. The second kappa shape index (κ2) is 13.3. The number of ether oxygens (including phenoxy) is 2. The number of nitrogens with zero attached hydrogens (tertiary/aromatic N) is 4. The Balaban J connectivity index is 0.991. The van der Waals surface area contributed by atoms with Gasteiger partial charge in [0.2, 0.25) is 0 Å². The molecule has 2 aromatic heterocycles. The van der Waals surface area contributed by atoms with Crippen LogP contribution >= 0.6 is 0 Å². The lowest BCUT2D eigenvalue weighted by molar-refractivity contribution is 0.0863. The first kappa shape index (κ1) is 31.5. The fourth-order valence-electron chi connectivity index (χ4n) is 6.89. The highest BCUT2D eigenvalue weighted by molar-refractivity contribution is 5.86. The lowest BCUT2D eigenvalue weighted by Gasteiger charge is -2.22. The molecule has 0 bridgehead atoms. The number of imidazole rings is 2. The molecule has 0 unspecified atom stereocenters. The van der Waals surface area contributed by atoms with E-state index in [1.807, 2.05) is 97.1 Å². The van der Waals surface area contributed by atoms with Gasteiger partial charge in [-0.3, -0.25) is 9.80 Å². The summed E-state index contributed by atoms with van der Waals surface area (Å²) < 4.78 is 11.1. The summed E-state index contributed by atoms with van der Waals surface area (Å²) in [5, 5.41) is 21.0. The summed E-state index contributed by atoms with van der Waals surface area (Å²) in [6, 6.07) is 29.9. The Morgan fingerprint density at radius 2 is 1.06 bits per heavy atom. The molecule has 0 spiro atoms. The van der Waals surface area contributed by atoms with Gasteiger partial charge in [-0.2, -0.15) is 0 Å². The van der Waals surface area contributed by atoms with Gasteiger partial charge in [0.15, 0.2) is 0 Å². The maximum atomic E-state index is 13.1. The summed E-state index contributed by atoms with van der Waals surface area (Å²) in [6.07, 6.45) is -1.65. The first-order valence-electron chi connectivity index (χ1n) is 16.7. The van der Waals surface area contributed by atoms with Gasteiger partial charge in [0.1, 0.15) is 24.9 Å². The molecule has 4 atom stereocenters. The molecule has 254 valence electrons. The van der Waals surface area contributed by atoms with Crippen molar-refractivity contribution in [1.29, 1.82) is 0 Å². The van der Waals surface area contributed by atoms with Crippen molar-refractivity contribution in [3.05, 3.63) is 120 Å². The molecule has 6 aromatic rings. The number of benzene rings is 4. The summed E-state index contributed by atoms with van der Waals surface area (Å²) in [7, 11) is 0. The normalized spacial score (nSPS) is 20.5. The van der Waals surface area contributed by atoms with Crippen molar-refractivity contribution in [1.82, 2.24) is 29.7 Å². The number of aromatic amines is 2. The van der Waals surface area contributed by atoms with Crippen molar-refractivity contribution in [2.45, 2.75) is 50.3 Å². The molecule has 50 heavy (non-hydrogen) atoms. The fourth-order valence-corrected chi connectivity index (χ4v) is 6.89. The number of β-amino-alcohol motifs (C(OH)–C–C–N with tert-alkyl or cyclic N) is 2. The molecule has 2 fully saturated rings. The number of aliphatic hydroxyl groups is 2. The van der Waals surface area contributed by atoms with Gasteiger partial charge in [-0.1, -0.05) is 72.8 Å². The van der Waals surface area contributed by atoms with E-state index in [9.17, 15) is 19.8 Å². The molecule has 2 amide bonds. The zero-order valence-electron chi connectivity index (χ0n) is 27.1. The van der Waals surface area contributed by atoms with Crippen LogP contribution in [0.3, 0.4) is 0 Å². The van der Waals surface area contributed by atoms with Gasteiger partial charge < -0.3 is 29.7 Å². The van der Waals surface area contributed by atoms with E-state index in [2.05, 4.69) is 9.97 Å². The van der Waals surface area contributed by atoms with Crippen molar-refractivity contribution < 1.29 is 29.3 Å². The topological polar surface area (TPSA) is 157 Å². The second-order valence-corrected chi connectivity index (χ2v) is 12.9. The second-order valence-electron chi connectivity index (χ2n) is 12.9. The van der Waals surface area contributed by atoms with E-state index < -0.39 is 36.5 Å². The molecule has 2 aliphatic rings. The van der Waals surface area contributed by atoms with Crippen LogP contribution in [0.15, 0.2) is 97.1 Å². The number of carbonyl (C=O) groups excluding carboxylic acids is 2. The Labute approximate surface area is 287 Å². The standard InChI is InChI=1S/C38H36N6O6/c45-27-17-33(43(19-27)37(47)49-21-23-7-3-1-4-8-23)35-39-29-13-11-25(15-31(29)41-35)26-12-14-30-32(16-26)42-36(40-30)34-18-28(46)20-44(34)38(48)50-22-24-9-5-2-6-10-24/h1-16,27-28,33-34,45-46H,17-22H2,(H,39,41)(H,40,42)/t27-,28-,33+,34+/m1/s1. The van der Waals surface area contributed by atoms with Gasteiger partial charge in [0, 0.05) is 12.8 Å². The molecule has 4 aromatic carbocycles. The van der Waals surface area contributed by atoms with Crippen molar-refractivity contribution in [3.8, 4) is 11.1 Å². The molecule has 0 aliphatic carbocycles. The van der Waals surface area contributed by atoms with E-state index in [0.717, 1.165) is 44.3 Å². The average molecular weight is 673 g/mol. The number of aliphatic hydroxyl groups excluding tert-OH is 2.